The fraction of sp³-hybridized carbons (Fsp3) is 0.357. The summed E-state index contributed by atoms with van der Waals surface area (Å²) in [5.74, 6) is -0.462. The van der Waals surface area contributed by atoms with Gasteiger partial charge in [-0.15, -0.1) is 0 Å². The summed E-state index contributed by atoms with van der Waals surface area (Å²) < 4.78 is 6.85. The number of hydrogen-bond acceptors (Lipinski definition) is 4. The van der Waals surface area contributed by atoms with Crippen LogP contribution in [0, 0.1) is 6.92 Å². The SMILES string of the molecule is C=C(Cl)COC(=O)c1cc2cnn(C(C)C)c2nc1C. The topological polar surface area (TPSA) is 57.0 Å². The number of hydrogen-bond donors (Lipinski definition) is 0. The van der Waals surface area contributed by atoms with E-state index in [2.05, 4.69) is 16.7 Å². The fourth-order valence-electron chi connectivity index (χ4n) is 1.87. The van der Waals surface area contributed by atoms with Gasteiger partial charge in [0, 0.05) is 16.5 Å². The Morgan fingerprint density at radius 3 is 2.85 bits per heavy atom. The molecule has 0 aliphatic rings. The van der Waals surface area contributed by atoms with E-state index >= 15 is 0 Å². The van der Waals surface area contributed by atoms with Crippen LogP contribution in [0.2, 0.25) is 0 Å². The molecule has 0 atom stereocenters. The van der Waals surface area contributed by atoms with Gasteiger partial charge in [-0.05, 0) is 26.8 Å². The largest absolute Gasteiger partial charge is 0.456 e. The van der Waals surface area contributed by atoms with Gasteiger partial charge in [0.15, 0.2) is 5.65 Å². The smallest absolute Gasteiger partial charge is 0.340 e. The van der Waals surface area contributed by atoms with E-state index in [1.807, 2.05) is 18.5 Å². The fourth-order valence-corrected chi connectivity index (χ4v) is 1.93. The van der Waals surface area contributed by atoms with E-state index in [1.54, 1.807) is 19.2 Å². The van der Waals surface area contributed by atoms with Crippen LogP contribution in [-0.4, -0.2) is 27.3 Å². The van der Waals surface area contributed by atoms with Crippen molar-refractivity contribution in [1.29, 1.82) is 0 Å². The Balaban J connectivity index is 2.39. The molecular formula is C14H16ClN3O2. The van der Waals surface area contributed by atoms with Crippen molar-refractivity contribution in [2.75, 3.05) is 6.61 Å². The van der Waals surface area contributed by atoms with E-state index in [1.165, 1.54) is 0 Å². The number of ether oxygens (including phenoxy) is 1. The second-order valence-electron chi connectivity index (χ2n) is 4.81. The van der Waals surface area contributed by atoms with Crippen molar-refractivity contribution >= 4 is 28.6 Å². The summed E-state index contributed by atoms with van der Waals surface area (Å²) in [5, 5.41) is 5.36. The first-order valence-corrected chi connectivity index (χ1v) is 6.63. The quantitative estimate of drug-likeness (QED) is 0.812. The number of nitrogens with zero attached hydrogens (tertiary/aromatic N) is 3. The average molecular weight is 294 g/mol. The molecule has 2 aromatic rings. The van der Waals surface area contributed by atoms with Gasteiger partial charge in [0.2, 0.25) is 0 Å². The molecule has 0 aromatic carbocycles. The molecule has 6 heteroatoms. The molecule has 2 heterocycles. The molecule has 106 valence electrons. The molecule has 0 saturated heterocycles. The molecule has 0 radical (unpaired) electrons. The van der Waals surface area contributed by atoms with Crippen molar-refractivity contribution in [3.05, 3.63) is 35.1 Å². The van der Waals surface area contributed by atoms with Crippen molar-refractivity contribution < 1.29 is 9.53 Å². The molecule has 0 aliphatic heterocycles. The van der Waals surface area contributed by atoms with Crippen LogP contribution in [0.15, 0.2) is 23.9 Å². The molecule has 0 unspecified atom stereocenters. The minimum absolute atomic E-state index is 0.0108. The standard InChI is InChI=1S/C14H16ClN3O2/c1-8(2)18-13-11(6-16-18)5-12(10(4)17-13)14(19)20-7-9(3)15/h5-6,8H,3,7H2,1-2,4H3. The lowest BCUT2D eigenvalue weighted by atomic mass is 10.2. The number of aryl methyl sites for hydroxylation is 1. The van der Waals surface area contributed by atoms with E-state index in [0.29, 0.717) is 11.3 Å². The van der Waals surface area contributed by atoms with Gasteiger partial charge in [0.25, 0.3) is 0 Å². The molecule has 0 N–H and O–H groups in total. The third kappa shape index (κ3) is 2.82. The van der Waals surface area contributed by atoms with Crippen LogP contribution in [0.25, 0.3) is 11.0 Å². The minimum Gasteiger partial charge on any atom is -0.456 e. The lowest BCUT2D eigenvalue weighted by Crippen LogP contribution is -2.10. The first-order chi connectivity index (χ1) is 9.40. The van der Waals surface area contributed by atoms with Gasteiger partial charge < -0.3 is 4.74 Å². The normalized spacial score (nSPS) is 11.1. The third-order valence-electron chi connectivity index (χ3n) is 2.83. The maximum Gasteiger partial charge on any atom is 0.340 e. The van der Waals surface area contributed by atoms with E-state index in [4.69, 9.17) is 16.3 Å². The van der Waals surface area contributed by atoms with E-state index in [9.17, 15) is 4.79 Å². The molecule has 0 fully saturated rings. The van der Waals surface area contributed by atoms with E-state index in [-0.39, 0.29) is 17.7 Å². The van der Waals surface area contributed by atoms with Crippen LogP contribution in [-0.2, 0) is 4.74 Å². The van der Waals surface area contributed by atoms with Crippen LogP contribution in [0.3, 0.4) is 0 Å². The molecule has 2 rings (SSSR count). The van der Waals surface area contributed by atoms with E-state index < -0.39 is 5.97 Å². The highest BCUT2D eigenvalue weighted by molar-refractivity contribution is 6.29. The summed E-state index contributed by atoms with van der Waals surface area (Å²) in [5.41, 5.74) is 1.78. The zero-order valence-electron chi connectivity index (χ0n) is 11.7. The molecule has 5 nitrogen and oxygen atoms in total. The number of carbonyl (C=O) groups excluding carboxylic acids is 1. The summed E-state index contributed by atoms with van der Waals surface area (Å²) in [4.78, 5) is 16.4. The monoisotopic (exact) mass is 293 g/mol. The van der Waals surface area contributed by atoms with E-state index in [0.717, 1.165) is 11.0 Å². The zero-order valence-corrected chi connectivity index (χ0v) is 12.4. The molecule has 2 aromatic heterocycles. The molecule has 0 bridgehead atoms. The van der Waals surface area contributed by atoms with Gasteiger partial charge in [0.05, 0.1) is 17.5 Å². The van der Waals surface area contributed by atoms with Gasteiger partial charge in [-0.3, -0.25) is 0 Å². The number of halogens is 1. The lowest BCUT2D eigenvalue weighted by Gasteiger charge is -2.09. The highest BCUT2D eigenvalue weighted by atomic mass is 35.5. The summed E-state index contributed by atoms with van der Waals surface area (Å²) in [7, 11) is 0. The van der Waals surface area contributed by atoms with Gasteiger partial charge in [-0.1, -0.05) is 18.2 Å². The Labute approximate surface area is 122 Å². The number of fused-ring (bicyclic) bond motifs is 1. The highest BCUT2D eigenvalue weighted by Crippen LogP contribution is 2.20. The second kappa shape index (κ2) is 5.63. The minimum atomic E-state index is -0.462. The zero-order chi connectivity index (χ0) is 14.9. The number of rotatable bonds is 4. The highest BCUT2D eigenvalue weighted by Gasteiger charge is 2.16. The van der Waals surface area contributed by atoms with Gasteiger partial charge in [0.1, 0.15) is 6.61 Å². The Hall–Kier alpha value is -1.88. The summed E-state index contributed by atoms with van der Waals surface area (Å²) >= 11 is 5.58. The summed E-state index contributed by atoms with van der Waals surface area (Å²) in [6.07, 6.45) is 1.69. The Morgan fingerprint density at radius 2 is 2.25 bits per heavy atom. The molecule has 0 spiro atoms. The maximum absolute atomic E-state index is 12.0. The average Bonchev–Trinajstić information content (AvgIpc) is 2.77. The molecular weight excluding hydrogens is 278 g/mol. The van der Waals surface area contributed by atoms with Gasteiger partial charge in [-0.25, -0.2) is 14.5 Å². The lowest BCUT2D eigenvalue weighted by molar-refractivity contribution is 0.0545. The van der Waals surface area contributed by atoms with Crippen molar-refractivity contribution in [1.82, 2.24) is 14.8 Å². The first-order valence-electron chi connectivity index (χ1n) is 6.25. The molecule has 0 amide bonds. The summed E-state index contributed by atoms with van der Waals surface area (Å²) in [6, 6.07) is 1.94. The Kier molecular flexibility index (Phi) is 4.09. The summed E-state index contributed by atoms with van der Waals surface area (Å²) in [6.45, 7) is 9.28. The number of carbonyl (C=O) groups is 1. The maximum atomic E-state index is 12.0. The van der Waals surface area contributed by atoms with Crippen LogP contribution < -0.4 is 0 Å². The van der Waals surface area contributed by atoms with Crippen LogP contribution in [0.4, 0.5) is 0 Å². The number of esters is 1. The molecule has 0 saturated carbocycles. The van der Waals surface area contributed by atoms with Crippen molar-refractivity contribution in [2.45, 2.75) is 26.8 Å². The van der Waals surface area contributed by atoms with Crippen molar-refractivity contribution in [3.63, 3.8) is 0 Å². The first kappa shape index (κ1) is 14.5. The van der Waals surface area contributed by atoms with Crippen LogP contribution >= 0.6 is 11.6 Å². The second-order valence-corrected chi connectivity index (χ2v) is 5.34. The van der Waals surface area contributed by atoms with Crippen molar-refractivity contribution in [2.24, 2.45) is 0 Å². The predicted molar refractivity (Wildman–Crippen MR) is 77.9 cm³/mol. The predicted octanol–water partition coefficient (Wildman–Crippen LogP) is 3.23. The van der Waals surface area contributed by atoms with Crippen molar-refractivity contribution in [3.8, 4) is 0 Å². The van der Waals surface area contributed by atoms with Gasteiger partial charge in [-0.2, -0.15) is 5.10 Å². The number of aromatic nitrogens is 3. The molecule has 0 aliphatic carbocycles. The Bertz CT molecular complexity index is 676. The van der Waals surface area contributed by atoms with Gasteiger partial charge >= 0.3 is 5.97 Å². The third-order valence-corrected chi connectivity index (χ3v) is 2.94. The van der Waals surface area contributed by atoms with Crippen LogP contribution in [0.1, 0.15) is 35.9 Å². The molecule has 20 heavy (non-hydrogen) atoms. The number of pyridine rings is 1. The van der Waals surface area contributed by atoms with Crippen LogP contribution in [0.5, 0.6) is 0 Å². The Morgan fingerprint density at radius 1 is 1.55 bits per heavy atom.